The molecule has 1 aliphatic heterocycles. The SMILES string of the molecule is CN(C)c1ccc(C=CC(=O)N2CC[C@H](O)C2)cc1. The van der Waals surface area contributed by atoms with E-state index >= 15 is 0 Å². The molecule has 1 amide bonds. The number of benzene rings is 1. The maximum Gasteiger partial charge on any atom is 0.246 e. The minimum absolute atomic E-state index is 0.0340. The molecule has 1 fully saturated rings. The van der Waals surface area contributed by atoms with Gasteiger partial charge in [0.1, 0.15) is 0 Å². The van der Waals surface area contributed by atoms with Crippen molar-refractivity contribution in [2.24, 2.45) is 0 Å². The topological polar surface area (TPSA) is 43.8 Å². The molecule has 1 aromatic rings. The zero-order chi connectivity index (χ0) is 13.8. The van der Waals surface area contributed by atoms with Crippen LogP contribution in [0.15, 0.2) is 30.3 Å². The summed E-state index contributed by atoms with van der Waals surface area (Å²) in [5.74, 6) is -0.0340. The average molecular weight is 260 g/mol. The maximum absolute atomic E-state index is 11.9. The van der Waals surface area contributed by atoms with Crippen LogP contribution < -0.4 is 4.90 Å². The zero-order valence-electron chi connectivity index (χ0n) is 11.4. The number of likely N-dealkylation sites (tertiary alicyclic amines) is 1. The number of aliphatic hydroxyl groups is 1. The lowest BCUT2D eigenvalue weighted by Gasteiger charge is -2.13. The van der Waals surface area contributed by atoms with Crippen molar-refractivity contribution in [3.8, 4) is 0 Å². The van der Waals surface area contributed by atoms with Crippen LogP contribution in [-0.2, 0) is 4.79 Å². The van der Waals surface area contributed by atoms with Gasteiger partial charge in [0.25, 0.3) is 0 Å². The highest BCUT2D eigenvalue weighted by Crippen LogP contribution is 2.14. The lowest BCUT2D eigenvalue weighted by Crippen LogP contribution is -2.27. The summed E-state index contributed by atoms with van der Waals surface area (Å²) in [6.45, 7) is 1.09. The molecule has 0 aliphatic carbocycles. The van der Waals surface area contributed by atoms with Crippen molar-refractivity contribution in [1.29, 1.82) is 0 Å². The van der Waals surface area contributed by atoms with Crippen LogP contribution in [0.1, 0.15) is 12.0 Å². The number of nitrogens with zero attached hydrogens (tertiary/aromatic N) is 2. The summed E-state index contributed by atoms with van der Waals surface area (Å²) >= 11 is 0. The fourth-order valence-electron chi connectivity index (χ4n) is 2.10. The van der Waals surface area contributed by atoms with Crippen LogP contribution in [0, 0.1) is 0 Å². The third kappa shape index (κ3) is 3.58. The summed E-state index contributed by atoms with van der Waals surface area (Å²) in [5, 5.41) is 9.39. The van der Waals surface area contributed by atoms with Crippen molar-refractivity contribution in [1.82, 2.24) is 4.90 Å². The third-order valence-electron chi connectivity index (χ3n) is 3.30. The molecule has 0 bridgehead atoms. The van der Waals surface area contributed by atoms with Crippen molar-refractivity contribution >= 4 is 17.7 Å². The monoisotopic (exact) mass is 260 g/mol. The number of rotatable bonds is 3. The number of amides is 1. The number of hydrogen-bond acceptors (Lipinski definition) is 3. The van der Waals surface area contributed by atoms with Crippen molar-refractivity contribution in [2.45, 2.75) is 12.5 Å². The highest BCUT2D eigenvalue weighted by molar-refractivity contribution is 5.92. The maximum atomic E-state index is 11.9. The van der Waals surface area contributed by atoms with Crippen LogP contribution in [-0.4, -0.2) is 49.2 Å². The molecular formula is C15H20N2O2. The van der Waals surface area contributed by atoms with Crippen LogP contribution in [0.4, 0.5) is 5.69 Å². The molecule has 102 valence electrons. The Hall–Kier alpha value is -1.81. The predicted octanol–water partition coefficient (Wildman–Crippen LogP) is 1.36. The first-order valence-electron chi connectivity index (χ1n) is 6.48. The van der Waals surface area contributed by atoms with Gasteiger partial charge in [0.15, 0.2) is 0 Å². The summed E-state index contributed by atoms with van der Waals surface area (Å²) in [6.07, 6.45) is 3.70. The first kappa shape index (κ1) is 13.6. The predicted molar refractivity (Wildman–Crippen MR) is 77.0 cm³/mol. The Kier molecular flexibility index (Phi) is 4.22. The molecule has 0 saturated carbocycles. The van der Waals surface area contributed by atoms with Gasteiger partial charge in [-0.1, -0.05) is 12.1 Å². The standard InChI is InChI=1S/C15H20N2O2/c1-16(2)13-6-3-12(4-7-13)5-8-15(19)17-10-9-14(18)11-17/h3-8,14,18H,9-11H2,1-2H3/t14-/m0/s1. The van der Waals surface area contributed by atoms with E-state index in [0.29, 0.717) is 19.5 Å². The van der Waals surface area contributed by atoms with Crippen molar-refractivity contribution in [2.75, 3.05) is 32.1 Å². The summed E-state index contributed by atoms with van der Waals surface area (Å²) in [6, 6.07) is 8.00. The second-order valence-corrected chi connectivity index (χ2v) is 5.05. The molecule has 1 heterocycles. The van der Waals surface area contributed by atoms with Gasteiger partial charge in [0, 0.05) is 38.9 Å². The molecule has 4 heteroatoms. The molecule has 4 nitrogen and oxygen atoms in total. The van der Waals surface area contributed by atoms with Crippen molar-refractivity contribution in [3.05, 3.63) is 35.9 Å². The summed E-state index contributed by atoms with van der Waals surface area (Å²) in [7, 11) is 3.99. The van der Waals surface area contributed by atoms with E-state index in [0.717, 1.165) is 11.3 Å². The van der Waals surface area contributed by atoms with Gasteiger partial charge >= 0.3 is 0 Å². The van der Waals surface area contributed by atoms with Gasteiger partial charge in [-0.25, -0.2) is 0 Å². The van der Waals surface area contributed by atoms with Crippen LogP contribution in [0.2, 0.25) is 0 Å². The molecule has 0 radical (unpaired) electrons. The first-order valence-corrected chi connectivity index (χ1v) is 6.48. The fourth-order valence-corrected chi connectivity index (χ4v) is 2.10. The number of anilines is 1. The number of β-amino-alcohol motifs (C(OH)–C–C–N with tert-alkyl or cyclic N) is 1. The average Bonchev–Trinajstić information content (AvgIpc) is 2.83. The number of carbonyl (C=O) groups excluding carboxylic acids is 1. The van der Waals surface area contributed by atoms with Gasteiger partial charge in [-0.15, -0.1) is 0 Å². The highest BCUT2D eigenvalue weighted by atomic mass is 16.3. The lowest BCUT2D eigenvalue weighted by molar-refractivity contribution is -0.125. The Morgan fingerprint density at radius 1 is 1.37 bits per heavy atom. The second kappa shape index (κ2) is 5.89. The molecule has 1 saturated heterocycles. The van der Waals surface area contributed by atoms with Gasteiger partial charge in [0.05, 0.1) is 6.10 Å². The largest absolute Gasteiger partial charge is 0.391 e. The molecule has 19 heavy (non-hydrogen) atoms. The van der Waals surface area contributed by atoms with Gasteiger partial charge < -0.3 is 14.9 Å². The van der Waals surface area contributed by atoms with E-state index in [1.807, 2.05) is 49.3 Å². The van der Waals surface area contributed by atoms with E-state index in [-0.39, 0.29) is 12.0 Å². The third-order valence-corrected chi connectivity index (χ3v) is 3.30. The zero-order valence-corrected chi connectivity index (χ0v) is 11.4. The van der Waals surface area contributed by atoms with E-state index < -0.39 is 0 Å². The fraction of sp³-hybridized carbons (Fsp3) is 0.400. The Morgan fingerprint density at radius 3 is 2.58 bits per heavy atom. The van der Waals surface area contributed by atoms with Gasteiger partial charge in [0.2, 0.25) is 5.91 Å². The van der Waals surface area contributed by atoms with Crippen molar-refractivity contribution < 1.29 is 9.90 Å². The Bertz CT molecular complexity index is 466. The Labute approximate surface area is 113 Å². The molecular weight excluding hydrogens is 240 g/mol. The van der Waals surface area contributed by atoms with Gasteiger partial charge in [-0.2, -0.15) is 0 Å². The minimum atomic E-state index is -0.364. The molecule has 0 aromatic heterocycles. The Balaban J connectivity index is 1.96. The van der Waals surface area contributed by atoms with E-state index in [2.05, 4.69) is 0 Å². The van der Waals surface area contributed by atoms with Crippen molar-refractivity contribution in [3.63, 3.8) is 0 Å². The number of hydrogen-bond donors (Lipinski definition) is 1. The van der Waals surface area contributed by atoms with Crippen LogP contribution >= 0.6 is 0 Å². The molecule has 1 atom stereocenters. The first-order chi connectivity index (χ1) is 9.06. The molecule has 2 rings (SSSR count). The van der Waals surface area contributed by atoms with Crippen LogP contribution in [0.25, 0.3) is 6.08 Å². The second-order valence-electron chi connectivity index (χ2n) is 5.05. The number of carbonyl (C=O) groups is 1. The van der Waals surface area contributed by atoms with Crippen LogP contribution in [0.3, 0.4) is 0 Å². The molecule has 0 spiro atoms. The number of aliphatic hydroxyl groups excluding tert-OH is 1. The summed E-state index contributed by atoms with van der Waals surface area (Å²) in [4.78, 5) is 15.6. The smallest absolute Gasteiger partial charge is 0.246 e. The van der Waals surface area contributed by atoms with E-state index in [1.165, 1.54) is 0 Å². The molecule has 1 N–H and O–H groups in total. The van der Waals surface area contributed by atoms with Gasteiger partial charge in [-0.3, -0.25) is 4.79 Å². The lowest BCUT2D eigenvalue weighted by atomic mass is 10.2. The van der Waals surface area contributed by atoms with E-state index in [4.69, 9.17) is 0 Å². The molecule has 1 aliphatic rings. The minimum Gasteiger partial charge on any atom is -0.391 e. The summed E-state index contributed by atoms with van der Waals surface area (Å²) < 4.78 is 0. The van der Waals surface area contributed by atoms with E-state index in [9.17, 15) is 9.90 Å². The van der Waals surface area contributed by atoms with Crippen LogP contribution in [0.5, 0.6) is 0 Å². The van der Waals surface area contributed by atoms with Gasteiger partial charge in [-0.05, 0) is 30.2 Å². The highest BCUT2D eigenvalue weighted by Gasteiger charge is 2.22. The molecule has 1 aromatic carbocycles. The quantitative estimate of drug-likeness (QED) is 0.835. The summed E-state index contributed by atoms with van der Waals surface area (Å²) in [5.41, 5.74) is 2.13. The Morgan fingerprint density at radius 2 is 2.05 bits per heavy atom. The molecule has 0 unspecified atom stereocenters. The van der Waals surface area contributed by atoms with E-state index in [1.54, 1.807) is 11.0 Å². The normalized spacial score (nSPS) is 19.1.